The van der Waals surface area contributed by atoms with Gasteiger partial charge in [-0.05, 0) is 24.0 Å². The minimum atomic E-state index is -3.72. The Morgan fingerprint density at radius 3 is 2.55 bits per heavy atom. The van der Waals surface area contributed by atoms with Gasteiger partial charge in [0, 0.05) is 12.7 Å². The molecule has 6 nitrogen and oxygen atoms in total. The molecule has 0 bridgehead atoms. The summed E-state index contributed by atoms with van der Waals surface area (Å²) in [4.78, 5) is 3.68. The van der Waals surface area contributed by atoms with Crippen molar-refractivity contribution in [3.8, 4) is 6.07 Å². The van der Waals surface area contributed by atoms with Gasteiger partial charge in [0.25, 0.3) is 0 Å². The highest BCUT2D eigenvalue weighted by Gasteiger charge is 2.20. The lowest BCUT2D eigenvalue weighted by Crippen LogP contribution is -2.34. The lowest BCUT2D eigenvalue weighted by Gasteiger charge is -2.22. The molecule has 0 aromatic carbocycles. The predicted molar refractivity (Wildman–Crippen MR) is 74.2 cm³/mol. The molecule has 1 heterocycles. The molecule has 7 heteroatoms. The van der Waals surface area contributed by atoms with Crippen molar-refractivity contribution in [2.45, 2.75) is 38.2 Å². The van der Waals surface area contributed by atoms with Crippen LogP contribution in [0.4, 0.5) is 0 Å². The van der Waals surface area contributed by atoms with E-state index in [2.05, 4.69) is 9.71 Å². The van der Waals surface area contributed by atoms with Crippen LogP contribution < -0.4 is 4.72 Å². The standard InChI is InChI=1S/C13H19N3O3S/c1-13(2,3)6-11(17)8-16-20(18,19)12-5-4-10(7-14)15-9-12/h4-5,9,11,16-17H,6,8H2,1-3H3. The Morgan fingerprint density at radius 2 is 2.10 bits per heavy atom. The van der Waals surface area contributed by atoms with Gasteiger partial charge < -0.3 is 5.11 Å². The average Bonchev–Trinajstić information content (AvgIpc) is 2.35. The van der Waals surface area contributed by atoms with Crippen molar-refractivity contribution >= 4 is 10.0 Å². The largest absolute Gasteiger partial charge is 0.392 e. The smallest absolute Gasteiger partial charge is 0.242 e. The summed E-state index contributed by atoms with van der Waals surface area (Å²) in [7, 11) is -3.72. The molecule has 20 heavy (non-hydrogen) atoms. The number of nitriles is 1. The number of hydrogen-bond acceptors (Lipinski definition) is 5. The van der Waals surface area contributed by atoms with Crippen LogP contribution in [0.5, 0.6) is 0 Å². The molecular weight excluding hydrogens is 278 g/mol. The van der Waals surface area contributed by atoms with Gasteiger partial charge in [-0.25, -0.2) is 18.1 Å². The number of pyridine rings is 1. The van der Waals surface area contributed by atoms with Crippen LogP contribution in [0.25, 0.3) is 0 Å². The molecule has 1 rings (SSSR count). The van der Waals surface area contributed by atoms with E-state index in [1.54, 1.807) is 0 Å². The molecule has 110 valence electrons. The van der Waals surface area contributed by atoms with E-state index in [4.69, 9.17) is 5.26 Å². The molecule has 1 aromatic rings. The summed E-state index contributed by atoms with van der Waals surface area (Å²) in [6, 6.07) is 4.46. The van der Waals surface area contributed by atoms with Crippen LogP contribution in [0.1, 0.15) is 32.9 Å². The van der Waals surface area contributed by atoms with Crippen molar-refractivity contribution in [3.05, 3.63) is 24.0 Å². The maximum atomic E-state index is 12.0. The topological polar surface area (TPSA) is 103 Å². The molecule has 0 aliphatic rings. The van der Waals surface area contributed by atoms with Gasteiger partial charge in [-0.3, -0.25) is 0 Å². The number of hydrogen-bond donors (Lipinski definition) is 2. The summed E-state index contributed by atoms with van der Waals surface area (Å²) >= 11 is 0. The Morgan fingerprint density at radius 1 is 1.45 bits per heavy atom. The van der Waals surface area contributed by atoms with Crippen LogP contribution >= 0.6 is 0 Å². The fraction of sp³-hybridized carbons (Fsp3) is 0.538. The second-order valence-electron chi connectivity index (χ2n) is 5.76. The molecule has 2 N–H and O–H groups in total. The van der Waals surface area contributed by atoms with Crippen LogP contribution in [0.3, 0.4) is 0 Å². The molecule has 1 unspecified atom stereocenters. The SMILES string of the molecule is CC(C)(C)CC(O)CNS(=O)(=O)c1ccc(C#N)nc1. The number of aromatic nitrogens is 1. The van der Waals surface area contributed by atoms with Crippen molar-refractivity contribution in [3.63, 3.8) is 0 Å². The first-order valence-corrected chi connectivity index (χ1v) is 7.66. The van der Waals surface area contributed by atoms with Crippen LogP contribution in [-0.2, 0) is 10.0 Å². The fourth-order valence-corrected chi connectivity index (χ4v) is 2.69. The monoisotopic (exact) mass is 297 g/mol. The number of aliphatic hydroxyl groups excluding tert-OH is 1. The normalized spacial score (nSPS) is 13.8. The maximum absolute atomic E-state index is 12.0. The van der Waals surface area contributed by atoms with Gasteiger partial charge in [-0.2, -0.15) is 5.26 Å². The lowest BCUT2D eigenvalue weighted by atomic mass is 9.89. The third-order valence-electron chi connectivity index (χ3n) is 2.52. The fourth-order valence-electron chi connectivity index (χ4n) is 1.67. The zero-order chi connectivity index (χ0) is 15.4. The van der Waals surface area contributed by atoms with Crippen LogP contribution in [0.2, 0.25) is 0 Å². The number of rotatable bonds is 5. The molecule has 0 saturated carbocycles. The molecule has 0 saturated heterocycles. The Bertz CT molecular complexity index is 583. The molecule has 0 aliphatic carbocycles. The first-order chi connectivity index (χ1) is 9.14. The highest BCUT2D eigenvalue weighted by Crippen LogP contribution is 2.20. The zero-order valence-corrected chi connectivity index (χ0v) is 12.6. The summed E-state index contributed by atoms with van der Waals surface area (Å²) in [5.74, 6) is 0. The lowest BCUT2D eigenvalue weighted by molar-refractivity contribution is 0.125. The van der Waals surface area contributed by atoms with Crippen molar-refractivity contribution < 1.29 is 13.5 Å². The van der Waals surface area contributed by atoms with Crippen molar-refractivity contribution in [2.75, 3.05) is 6.54 Å². The molecule has 1 aromatic heterocycles. The summed E-state index contributed by atoms with van der Waals surface area (Å²) in [6.07, 6.45) is 0.856. The van der Waals surface area contributed by atoms with Crippen LogP contribution in [0, 0.1) is 16.7 Å². The Kier molecular flexibility index (Phi) is 5.22. The Balaban J connectivity index is 2.68. The molecule has 0 spiro atoms. The number of aliphatic hydroxyl groups is 1. The molecule has 0 aliphatic heterocycles. The van der Waals surface area contributed by atoms with Crippen molar-refractivity contribution in [1.82, 2.24) is 9.71 Å². The predicted octanol–water partition coefficient (Wildman–Crippen LogP) is 1.03. The van der Waals surface area contributed by atoms with E-state index >= 15 is 0 Å². The van der Waals surface area contributed by atoms with Gasteiger partial charge in [-0.15, -0.1) is 0 Å². The molecular formula is C13H19N3O3S. The third kappa shape index (κ3) is 5.25. The van der Waals surface area contributed by atoms with E-state index in [0.717, 1.165) is 6.20 Å². The van der Waals surface area contributed by atoms with Gasteiger partial charge in [0.2, 0.25) is 10.0 Å². The van der Waals surface area contributed by atoms with Gasteiger partial charge in [0.1, 0.15) is 16.7 Å². The minimum absolute atomic E-state index is 0.0283. The van der Waals surface area contributed by atoms with Crippen LogP contribution in [-0.4, -0.2) is 31.2 Å². The highest BCUT2D eigenvalue weighted by molar-refractivity contribution is 7.89. The number of nitrogens with zero attached hydrogens (tertiary/aromatic N) is 2. The van der Waals surface area contributed by atoms with E-state index in [-0.39, 0.29) is 22.5 Å². The summed E-state index contributed by atoms with van der Waals surface area (Å²) < 4.78 is 26.2. The summed E-state index contributed by atoms with van der Waals surface area (Å²) in [5, 5.41) is 18.4. The first-order valence-electron chi connectivity index (χ1n) is 6.18. The molecule has 0 amide bonds. The number of nitrogens with one attached hydrogen (secondary N) is 1. The molecule has 1 atom stereocenters. The second kappa shape index (κ2) is 6.31. The number of sulfonamides is 1. The van der Waals surface area contributed by atoms with Crippen molar-refractivity contribution in [1.29, 1.82) is 5.26 Å². The third-order valence-corrected chi connectivity index (χ3v) is 3.93. The van der Waals surface area contributed by atoms with Crippen molar-refractivity contribution in [2.24, 2.45) is 5.41 Å². The van der Waals surface area contributed by atoms with Gasteiger partial charge >= 0.3 is 0 Å². The highest BCUT2D eigenvalue weighted by atomic mass is 32.2. The van der Waals surface area contributed by atoms with E-state index in [1.807, 2.05) is 26.8 Å². The average molecular weight is 297 g/mol. The zero-order valence-electron chi connectivity index (χ0n) is 11.8. The van der Waals surface area contributed by atoms with E-state index in [9.17, 15) is 13.5 Å². The van der Waals surface area contributed by atoms with Gasteiger partial charge in [0.05, 0.1) is 6.10 Å². The molecule has 0 fully saturated rings. The van der Waals surface area contributed by atoms with Gasteiger partial charge in [0.15, 0.2) is 0 Å². The van der Waals surface area contributed by atoms with E-state index in [0.29, 0.717) is 6.42 Å². The quantitative estimate of drug-likeness (QED) is 0.845. The maximum Gasteiger partial charge on any atom is 0.242 e. The Hall–Kier alpha value is -1.49. The van der Waals surface area contributed by atoms with E-state index < -0.39 is 16.1 Å². The van der Waals surface area contributed by atoms with E-state index in [1.165, 1.54) is 12.1 Å². The Labute approximate surface area is 119 Å². The second-order valence-corrected chi connectivity index (χ2v) is 7.53. The summed E-state index contributed by atoms with van der Waals surface area (Å²) in [6.45, 7) is 5.85. The van der Waals surface area contributed by atoms with Crippen LogP contribution in [0.15, 0.2) is 23.2 Å². The minimum Gasteiger partial charge on any atom is -0.392 e. The molecule has 0 radical (unpaired) electrons. The summed E-state index contributed by atoms with van der Waals surface area (Å²) in [5.41, 5.74) is 0.0673. The first kappa shape index (κ1) is 16.6. The van der Waals surface area contributed by atoms with Gasteiger partial charge in [-0.1, -0.05) is 20.8 Å².